The minimum atomic E-state index is -1.43. The van der Waals surface area contributed by atoms with E-state index < -0.39 is 16.8 Å². The first kappa shape index (κ1) is 12.8. The maximum Gasteiger partial charge on any atom is 0.316 e. The second-order valence-electron chi connectivity index (χ2n) is 3.87. The highest BCUT2D eigenvalue weighted by Gasteiger charge is 2.12. The fourth-order valence-corrected chi connectivity index (χ4v) is 2.12. The molecule has 16 heavy (non-hydrogen) atoms. The number of rotatable bonds is 6. The summed E-state index contributed by atoms with van der Waals surface area (Å²) in [6.45, 7) is 4.78. The van der Waals surface area contributed by atoms with E-state index in [-0.39, 0.29) is 11.5 Å². The van der Waals surface area contributed by atoms with E-state index in [4.69, 9.17) is 5.11 Å². The van der Waals surface area contributed by atoms with Gasteiger partial charge in [0.05, 0.1) is 5.75 Å². The van der Waals surface area contributed by atoms with E-state index in [1.54, 1.807) is 4.68 Å². The number of nitrogens with zero attached hydrogens (tertiary/aromatic N) is 3. The first-order valence-electron chi connectivity index (χ1n) is 4.92. The summed E-state index contributed by atoms with van der Waals surface area (Å²) in [5.41, 5.74) is 0. The van der Waals surface area contributed by atoms with Crippen LogP contribution >= 0.6 is 0 Å². The van der Waals surface area contributed by atoms with Gasteiger partial charge in [0.2, 0.25) is 0 Å². The predicted octanol–water partition coefficient (Wildman–Crippen LogP) is 0.267. The summed E-state index contributed by atoms with van der Waals surface area (Å²) >= 11 is 0. The van der Waals surface area contributed by atoms with Gasteiger partial charge in [-0.3, -0.25) is 9.00 Å². The van der Waals surface area contributed by atoms with Gasteiger partial charge in [-0.05, 0) is 5.92 Å². The van der Waals surface area contributed by atoms with E-state index in [1.807, 2.05) is 13.8 Å². The second-order valence-corrected chi connectivity index (χ2v) is 5.33. The zero-order chi connectivity index (χ0) is 12.1. The highest BCUT2D eigenvalue weighted by atomic mass is 32.2. The molecule has 1 unspecified atom stereocenters. The minimum absolute atomic E-state index is 0.138. The van der Waals surface area contributed by atoms with Crippen LogP contribution in [0.4, 0.5) is 0 Å². The highest BCUT2D eigenvalue weighted by molar-refractivity contribution is 7.84. The van der Waals surface area contributed by atoms with Crippen LogP contribution in [0.5, 0.6) is 0 Å². The van der Waals surface area contributed by atoms with Crippen LogP contribution in [0.25, 0.3) is 0 Å². The Labute approximate surface area is 96.1 Å². The second kappa shape index (κ2) is 5.74. The summed E-state index contributed by atoms with van der Waals surface area (Å²) in [6, 6.07) is 0. The zero-order valence-electron chi connectivity index (χ0n) is 9.29. The molecule has 1 N–H and O–H groups in total. The molecule has 90 valence electrons. The van der Waals surface area contributed by atoms with Crippen LogP contribution in [0.1, 0.15) is 19.7 Å². The van der Waals surface area contributed by atoms with Crippen molar-refractivity contribution in [1.82, 2.24) is 14.8 Å². The van der Waals surface area contributed by atoms with E-state index in [0.29, 0.717) is 18.3 Å². The third-order valence-electron chi connectivity index (χ3n) is 1.81. The van der Waals surface area contributed by atoms with Crippen molar-refractivity contribution in [3.63, 3.8) is 0 Å². The van der Waals surface area contributed by atoms with E-state index in [1.165, 1.54) is 6.33 Å². The Morgan fingerprint density at radius 3 is 2.88 bits per heavy atom. The van der Waals surface area contributed by atoms with Crippen molar-refractivity contribution >= 4 is 16.8 Å². The lowest BCUT2D eigenvalue weighted by Crippen LogP contribution is -2.15. The van der Waals surface area contributed by atoms with Crippen LogP contribution in [0.15, 0.2) is 6.33 Å². The molecule has 1 atom stereocenters. The molecule has 6 nitrogen and oxygen atoms in total. The van der Waals surface area contributed by atoms with Crippen molar-refractivity contribution in [2.45, 2.75) is 26.1 Å². The maximum atomic E-state index is 11.4. The normalized spacial score (nSPS) is 12.9. The van der Waals surface area contributed by atoms with Crippen molar-refractivity contribution in [2.75, 3.05) is 5.75 Å². The molecule has 1 aromatic heterocycles. The van der Waals surface area contributed by atoms with E-state index in [2.05, 4.69) is 10.1 Å². The molecular formula is C9H15N3O3S. The van der Waals surface area contributed by atoms with Gasteiger partial charge in [-0.15, -0.1) is 0 Å². The molecule has 1 rings (SSSR count). The monoisotopic (exact) mass is 245 g/mol. The number of carboxylic acids is 1. The number of carboxylic acid groups (broad SMARTS) is 1. The lowest BCUT2D eigenvalue weighted by molar-refractivity contribution is -0.133. The first-order chi connectivity index (χ1) is 7.49. The van der Waals surface area contributed by atoms with E-state index >= 15 is 0 Å². The molecule has 0 saturated heterocycles. The van der Waals surface area contributed by atoms with Crippen molar-refractivity contribution in [2.24, 2.45) is 5.92 Å². The average Bonchev–Trinajstić information content (AvgIpc) is 2.50. The van der Waals surface area contributed by atoms with Gasteiger partial charge in [-0.1, -0.05) is 13.8 Å². The fourth-order valence-electron chi connectivity index (χ4n) is 1.23. The molecule has 0 saturated carbocycles. The number of carbonyl (C=O) groups is 1. The smallest absolute Gasteiger partial charge is 0.316 e. The van der Waals surface area contributed by atoms with Gasteiger partial charge in [0.1, 0.15) is 17.9 Å². The summed E-state index contributed by atoms with van der Waals surface area (Å²) in [6.07, 6.45) is 1.40. The van der Waals surface area contributed by atoms with Crippen LogP contribution in [0.2, 0.25) is 0 Å². The Morgan fingerprint density at radius 2 is 2.31 bits per heavy atom. The van der Waals surface area contributed by atoms with Gasteiger partial charge in [0, 0.05) is 17.3 Å². The molecule has 0 amide bonds. The SMILES string of the molecule is CC(C)Cn1ncnc1CS(=O)CC(=O)O. The van der Waals surface area contributed by atoms with E-state index in [0.717, 1.165) is 0 Å². The van der Waals surface area contributed by atoms with Gasteiger partial charge < -0.3 is 5.11 Å². The summed E-state index contributed by atoms with van der Waals surface area (Å²) in [4.78, 5) is 14.3. The quantitative estimate of drug-likeness (QED) is 0.777. The van der Waals surface area contributed by atoms with Crippen molar-refractivity contribution in [3.05, 3.63) is 12.2 Å². The Kier molecular flexibility index (Phi) is 4.60. The Bertz CT molecular complexity index is 389. The van der Waals surface area contributed by atoms with Crippen LogP contribution < -0.4 is 0 Å². The lowest BCUT2D eigenvalue weighted by atomic mass is 10.2. The van der Waals surface area contributed by atoms with Crippen LogP contribution in [-0.2, 0) is 27.9 Å². The number of aromatic nitrogens is 3. The molecule has 0 aliphatic rings. The molecule has 7 heteroatoms. The molecule has 0 radical (unpaired) electrons. The van der Waals surface area contributed by atoms with E-state index in [9.17, 15) is 9.00 Å². The molecular weight excluding hydrogens is 230 g/mol. The summed E-state index contributed by atoms with van der Waals surface area (Å²) in [5, 5.41) is 12.5. The van der Waals surface area contributed by atoms with Crippen LogP contribution in [0, 0.1) is 5.92 Å². The maximum absolute atomic E-state index is 11.4. The standard InChI is InChI=1S/C9H15N3O3S/c1-7(2)3-12-8(10-6-11-12)4-16(15)5-9(13)14/h6-7H,3-5H2,1-2H3,(H,13,14). The Morgan fingerprint density at radius 1 is 1.62 bits per heavy atom. The minimum Gasteiger partial charge on any atom is -0.481 e. The molecule has 0 aliphatic heterocycles. The third kappa shape index (κ3) is 4.09. The van der Waals surface area contributed by atoms with Gasteiger partial charge >= 0.3 is 5.97 Å². The summed E-state index contributed by atoms with van der Waals surface area (Å²) in [5.74, 6) is -0.289. The topological polar surface area (TPSA) is 85.1 Å². The molecule has 1 aromatic rings. The van der Waals surface area contributed by atoms with Crippen molar-refractivity contribution < 1.29 is 14.1 Å². The van der Waals surface area contributed by atoms with Gasteiger partial charge in [0.25, 0.3) is 0 Å². The average molecular weight is 245 g/mol. The molecule has 0 fully saturated rings. The van der Waals surface area contributed by atoms with Crippen molar-refractivity contribution in [3.8, 4) is 0 Å². The fraction of sp³-hybridized carbons (Fsp3) is 0.667. The molecule has 1 heterocycles. The number of hydrogen-bond acceptors (Lipinski definition) is 4. The molecule has 0 spiro atoms. The summed E-state index contributed by atoms with van der Waals surface area (Å²) < 4.78 is 13.1. The van der Waals surface area contributed by atoms with Gasteiger partial charge in [-0.25, -0.2) is 9.67 Å². The van der Waals surface area contributed by atoms with Crippen molar-refractivity contribution in [1.29, 1.82) is 0 Å². The first-order valence-corrected chi connectivity index (χ1v) is 6.41. The zero-order valence-corrected chi connectivity index (χ0v) is 10.1. The van der Waals surface area contributed by atoms with Crippen LogP contribution in [0.3, 0.4) is 0 Å². The molecule has 0 bridgehead atoms. The van der Waals surface area contributed by atoms with Gasteiger partial charge in [-0.2, -0.15) is 5.10 Å². The molecule has 0 aromatic carbocycles. The lowest BCUT2D eigenvalue weighted by Gasteiger charge is -2.07. The number of hydrogen-bond donors (Lipinski definition) is 1. The third-order valence-corrected chi connectivity index (χ3v) is 2.96. The van der Waals surface area contributed by atoms with Gasteiger partial charge in [0.15, 0.2) is 0 Å². The Hall–Kier alpha value is -1.24. The number of aliphatic carboxylic acids is 1. The highest BCUT2D eigenvalue weighted by Crippen LogP contribution is 2.04. The largest absolute Gasteiger partial charge is 0.481 e. The summed E-state index contributed by atoms with van der Waals surface area (Å²) in [7, 11) is -1.43. The Balaban J connectivity index is 2.63. The van der Waals surface area contributed by atoms with Crippen LogP contribution in [-0.4, -0.2) is 35.8 Å². The molecule has 0 aliphatic carbocycles. The predicted molar refractivity (Wildman–Crippen MR) is 59.2 cm³/mol.